The quantitative estimate of drug-likeness (QED) is 0.754. The van der Waals surface area contributed by atoms with E-state index in [-0.39, 0.29) is 5.91 Å². The van der Waals surface area contributed by atoms with Crippen LogP contribution >= 0.6 is 0 Å². The molecule has 0 aliphatic carbocycles. The number of amides is 1. The Kier molecular flexibility index (Phi) is 3.64. The summed E-state index contributed by atoms with van der Waals surface area (Å²) in [5.41, 5.74) is 5.66. The van der Waals surface area contributed by atoms with Crippen LogP contribution in [0.4, 0.5) is 5.82 Å². The zero-order chi connectivity index (χ0) is 10.6. The van der Waals surface area contributed by atoms with Gasteiger partial charge in [-0.25, -0.2) is 0 Å². The molecular formula is C9H15N3O2. The summed E-state index contributed by atoms with van der Waals surface area (Å²) in [6.07, 6.45) is 2.05. The van der Waals surface area contributed by atoms with Crippen molar-refractivity contribution in [3.8, 4) is 0 Å². The molecule has 0 fully saturated rings. The summed E-state index contributed by atoms with van der Waals surface area (Å²) < 4.78 is 4.57. The predicted octanol–water partition coefficient (Wildman–Crippen LogP) is 0.987. The third-order valence-corrected chi connectivity index (χ3v) is 1.75. The molecule has 1 rings (SSSR count). The average molecular weight is 197 g/mol. The number of hydrogen-bond acceptors (Lipinski definition) is 4. The number of nitrogens with one attached hydrogen (secondary N) is 1. The number of carbonyl (C=O) groups is 1. The van der Waals surface area contributed by atoms with Gasteiger partial charge in [0.15, 0.2) is 5.82 Å². The van der Waals surface area contributed by atoms with Crippen LogP contribution in [-0.2, 0) is 4.79 Å². The van der Waals surface area contributed by atoms with E-state index in [2.05, 4.69) is 15.0 Å². The number of rotatable bonds is 4. The summed E-state index contributed by atoms with van der Waals surface area (Å²) in [5.74, 6) is 0.565. The van der Waals surface area contributed by atoms with Crippen LogP contribution in [0.3, 0.4) is 0 Å². The van der Waals surface area contributed by atoms with Crippen LogP contribution < -0.4 is 11.1 Å². The van der Waals surface area contributed by atoms with Gasteiger partial charge in [-0.3, -0.25) is 4.79 Å². The minimum atomic E-state index is -0.494. The molecule has 1 unspecified atom stereocenters. The Labute approximate surface area is 82.6 Å². The smallest absolute Gasteiger partial charge is 0.242 e. The first-order valence-electron chi connectivity index (χ1n) is 4.56. The van der Waals surface area contributed by atoms with Crippen LogP contribution in [0.2, 0.25) is 0 Å². The average Bonchev–Trinajstić information content (AvgIpc) is 2.55. The molecule has 0 bridgehead atoms. The van der Waals surface area contributed by atoms with Gasteiger partial charge in [-0.05, 0) is 12.3 Å². The van der Waals surface area contributed by atoms with Crippen LogP contribution in [0, 0.1) is 5.92 Å². The maximum absolute atomic E-state index is 11.4. The third kappa shape index (κ3) is 3.18. The summed E-state index contributed by atoms with van der Waals surface area (Å²) in [7, 11) is 0. The number of nitrogens with zero attached hydrogens (tertiary/aromatic N) is 1. The maximum atomic E-state index is 11.4. The summed E-state index contributed by atoms with van der Waals surface area (Å²) >= 11 is 0. The number of aromatic nitrogens is 1. The van der Waals surface area contributed by atoms with Gasteiger partial charge in [-0.15, -0.1) is 0 Å². The van der Waals surface area contributed by atoms with Crippen molar-refractivity contribution in [3.05, 3.63) is 12.3 Å². The molecule has 1 aromatic heterocycles. The molecule has 5 heteroatoms. The summed E-state index contributed by atoms with van der Waals surface area (Å²) in [4.78, 5) is 11.4. The van der Waals surface area contributed by atoms with Crippen molar-refractivity contribution in [2.75, 3.05) is 5.32 Å². The van der Waals surface area contributed by atoms with Crippen molar-refractivity contribution in [2.24, 2.45) is 11.7 Å². The Morgan fingerprint density at radius 3 is 2.93 bits per heavy atom. The molecule has 1 heterocycles. The standard InChI is InChI=1S/C9H15N3O2/c1-6(2)5-7(10)9(13)11-8-3-4-14-12-8/h3-4,6-7H,5,10H2,1-2H3,(H,11,12,13). The fraction of sp³-hybridized carbons (Fsp3) is 0.556. The molecule has 0 aromatic carbocycles. The molecule has 5 nitrogen and oxygen atoms in total. The summed E-state index contributed by atoms with van der Waals surface area (Å²) in [6.45, 7) is 4.03. The fourth-order valence-corrected chi connectivity index (χ4v) is 1.11. The number of nitrogens with two attached hydrogens (primary N) is 1. The van der Waals surface area contributed by atoms with Crippen molar-refractivity contribution in [1.82, 2.24) is 5.16 Å². The Bertz CT molecular complexity index is 282. The highest BCUT2D eigenvalue weighted by Crippen LogP contribution is 2.06. The van der Waals surface area contributed by atoms with Crippen molar-refractivity contribution in [2.45, 2.75) is 26.3 Å². The van der Waals surface area contributed by atoms with Gasteiger partial charge < -0.3 is 15.6 Å². The number of hydrogen-bond donors (Lipinski definition) is 2. The van der Waals surface area contributed by atoms with E-state index in [4.69, 9.17) is 5.73 Å². The molecule has 78 valence electrons. The van der Waals surface area contributed by atoms with Gasteiger partial charge >= 0.3 is 0 Å². The second-order valence-corrected chi connectivity index (χ2v) is 3.61. The molecule has 1 aromatic rings. The number of carbonyl (C=O) groups excluding carboxylic acids is 1. The lowest BCUT2D eigenvalue weighted by atomic mass is 10.0. The van der Waals surface area contributed by atoms with Crippen LogP contribution in [0.25, 0.3) is 0 Å². The van der Waals surface area contributed by atoms with E-state index < -0.39 is 6.04 Å². The largest absolute Gasteiger partial charge is 0.363 e. The van der Waals surface area contributed by atoms with Crippen LogP contribution in [0.1, 0.15) is 20.3 Å². The van der Waals surface area contributed by atoms with E-state index in [9.17, 15) is 4.79 Å². The molecule has 1 amide bonds. The zero-order valence-corrected chi connectivity index (χ0v) is 8.36. The predicted molar refractivity (Wildman–Crippen MR) is 52.6 cm³/mol. The molecular weight excluding hydrogens is 182 g/mol. The Balaban J connectivity index is 2.42. The summed E-state index contributed by atoms with van der Waals surface area (Å²) in [6, 6.07) is 1.08. The van der Waals surface area contributed by atoms with Gasteiger partial charge in [0.1, 0.15) is 6.26 Å². The lowest BCUT2D eigenvalue weighted by Crippen LogP contribution is -2.36. The van der Waals surface area contributed by atoms with Gasteiger partial charge in [0.25, 0.3) is 0 Å². The highest BCUT2D eigenvalue weighted by atomic mass is 16.5. The lowest BCUT2D eigenvalue weighted by molar-refractivity contribution is -0.117. The maximum Gasteiger partial charge on any atom is 0.242 e. The second-order valence-electron chi connectivity index (χ2n) is 3.61. The molecule has 0 saturated heterocycles. The van der Waals surface area contributed by atoms with Gasteiger partial charge in [-0.2, -0.15) is 0 Å². The molecule has 0 radical (unpaired) electrons. The van der Waals surface area contributed by atoms with Gasteiger partial charge in [0, 0.05) is 6.07 Å². The first kappa shape index (κ1) is 10.7. The minimum Gasteiger partial charge on any atom is -0.363 e. The topological polar surface area (TPSA) is 81.2 Å². The highest BCUT2D eigenvalue weighted by molar-refractivity contribution is 5.93. The zero-order valence-electron chi connectivity index (χ0n) is 8.36. The Hall–Kier alpha value is -1.36. The van der Waals surface area contributed by atoms with Crippen molar-refractivity contribution in [1.29, 1.82) is 0 Å². The van der Waals surface area contributed by atoms with E-state index in [1.165, 1.54) is 6.26 Å². The second kappa shape index (κ2) is 4.76. The SMILES string of the molecule is CC(C)CC(N)C(=O)Nc1ccon1. The summed E-state index contributed by atoms with van der Waals surface area (Å²) in [5, 5.41) is 6.11. The van der Waals surface area contributed by atoms with Crippen molar-refractivity contribution in [3.63, 3.8) is 0 Å². The first-order chi connectivity index (χ1) is 6.59. The van der Waals surface area contributed by atoms with Gasteiger partial charge in [0.2, 0.25) is 5.91 Å². The minimum absolute atomic E-state index is 0.229. The molecule has 3 N–H and O–H groups in total. The van der Waals surface area contributed by atoms with Crippen LogP contribution in [0.15, 0.2) is 16.9 Å². The molecule has 0 aliphatic heterocycles. The highest BCUT2D eigenvalue weighted by Gasteiger charge is 2.15. The lowest BCUT2D eigenvalue weighted by Gasteiger charge is -2.12. The third-order valence-electron chi connectivity index (χ3n) is 1.75. The van der Waals surface area contributed by atoms with E-state index in [0.29, 0.717) is 18.2 Å². The van der Waals surface area contributed by atoms with E-state index in [0.717, 1.165) is 0 Å². The molecule has 0 spiro atoms. The van der Waals surface area contributed by atoms with E-state index in [1.807, 2.05) is 13.8 Å². The van der Waals surface area contributed by atoms with Crippen LogP contribution in [0.5, 0.6) is 0 Å². The van der Waals surface area contributed by atoms with Gasteiger partial charge in [0.05, 0.1) is 6.04 Å². The van der Waals surface area contributed by atoms with E-state index in [1.54, 1.807) is 6.07 Å². The fourth-order valence-electron chi connectivity index (χ4n) is 1.11. The van der Waals surface area contributed by atoms with Gasteiger partial charge in [-0.1, -0.05) is 19.0 Å². The molecule has 1 atom stereocenters. The molecule has 14 heavy (non-hydrogen) atoms. The van der Waals surface area contributed by atoms with Crippen LogP contribution in [-0.4, -0.2) is 17.1 Å². The number of anilines is 1. The first-order valence-corrected chi connectivity index (χ1v) is 4.56. The molecule has 0 aliphatic rings. The van der Waals surface area contributed by atoms with Crippen molar-refractivity contribution >= 4 is 11.7 Å². The normalized spacial score (nSPS) is 12.9. The Morgan fingerprint density at radius 1 is 1.71 bits per heavy atom. The van der Waals surface area contributed by atoms with Crippen molar-refractivity contribution < 1.29 is 9.32 Å². The molecule has 0 saturated carbocycles. The Morgan fingerprint density at radius 2 is 2.43 bits per heavy atom. The monoisotopic (exact) mass is 197 g/mol. The van der Waals surface area contributed by atoms with E-state index >= 15 is 0 Å².